The van der Waals surface area contributed by atoms with Crippen molar-refractivity contribution in [2.24, 2.45) is 5.92 Å². The second kappa shape index (κ2) is 7.59. The highest BCUT2D eigenvalue weighted by atomic mass is 16.2. The van der Waals surface area contributed by atoms with Gasteiger partial charge in [0, 0.05) is 25.0 Å². The van der Waals surface area contributed by atoms with E-state index in [9.17, 15) is 4.79 Å². The van der Waals surface area contributed by atoms with Crippen LogP contribution < -0.4 is 10.6 Å². The molecule has 0 spiro atoms. The number of nitrogens with zero attached hydrogens (tertiary/aromatic N) is 3. The van der Waals surface area contributed by atoms with Gasteiger partial charge in [-0.1, -0.05) is 13.8 Å². The van der Waals surface area contributed by atoms with Gasteiger partial charge in [0.05, 0.1) is 12.2 Å². The van der Waals surface area contributed by atoms with Crippen LogP contribution in [0.4, 0.5) is 10.6 Å². The Morgan fingerprint density at radius 3 is 2.59 bits per heavy atom. The maximum absolute atomic E-state index is 12.0. The molecule has 6 heteroatoms. The second-order valence-corrected chi connectivity index (χ2v) is 5.63. The van der Waals surface area contributed by atoms with Crippen molar-refractivity contribution in [1.82, 2.24) is 20.1 Å². The van der Waals surface area contributed by atoms with E-state index >= 15 is 0 Å². The summed E-state index contributed by atoms with van der Waals surface area (Å²) in [4.78, 5) is 15.9. The van der Waals surface area contributed by atoms with E-state index in [0.717, 1.165) is 12.0 Å². The summed E-state index contributed by atoms with van der Waals surface area (Å²) in [5.41, 5.74) is 1.15. The normalized spacial score (nSPS) is 12.2. The number of aromatic nitrogens is 3. The lowest BCUT2D eigenvalue weighted by Crippen LogP contribution is -2.31. The Hall–Kier alpha value is -2.37. The fraction of sp³-hybridized carbons (Fsp3) is 0.438. The van der Waals surface area contributed by atoms with Crippen LogP contribution in [0.2, 0.25) is 0 Å². The number of hydrogen-bond donors (Lipinski definition) is 2. The smallest absolute Gasteiger partial charge is 0.320 e. The van der Waals surface area contributed by atoms with E-state index in [-0.39, 0.29) is 12.1 Å². The average Bonchev–Trinajstić information content (AvgIpc) is 2.95. The van der Waals surface area contributed by atoms with Crippen LogP contribution in [0.1, 0.15) is 32.4 Å². The molecule has 118 valence electrons. The Bertz CT molecular complexity index is 594. The summed E-state index contributed by atoms with van der Waals surface area (Å²) >= 11 is 0. The maximum atomic E-state index is 12.0. The molecule has 0 saturated heterocycles. The van der Waals surface area contributed by atoms with Gasteiger partial charge in [-0.25, -0.2) is 9.48 Å². The topological polar surface area (TPSA) is 71.8 Å². The van der Waals surface area contributed by atoms with Crippen molar-refractivity contribution in [3.05, 3.63) is 42.4 Å². The van der Waals surface area contributed by atoms with Crippen LogP contribution in [0.5, 0.6) is 0 Å². The molecule has 2 rings (SSSR count). The van der Waals surface area contributed by atoms with Gasteiger partial charge in [-0.3, -0.25) is 10.3 Å². The number of carbonyl (C=O) groups excluding carboxylic acids is 1. The molecular weight excluding hydrogens is 278 g/mol. The highest BCUT2D eigenvalue weighted by molar-refractivity contribution is 5.88. The lowest BCUT2D eigenvalue weighted by atomic mass is 10.1. The van der Waals surface area contributed by atoms with Gasteiger partial charge in [0.2, 0.25) is 0 Å². The van der Waals surface area contributed by atoms with Gasteiger partial charge in [-0.05, 0) is 37.0 Å². The zero-order valence-corrected chi connectivity index (χ0v) is 13.3. The van der Waals surface area contributed by atoms with E-state index in [1.807, 2.05) is 16.8 Å². The van der Waals surface area contributed by atoms with Gasteiger partial charge in [0.25, 0.3) is 0 Å². The van der Waals surface area contributed by atoms with Crippen LogP contribution in [0, 0.1) is 5.92 Å². The van der Waals surface area contributed by atoms with Crippen LogP contribution in [0.3, 0.4) is 0 Å². The average molecular weight is 301 g/mol. The number of urea groups is 1. The molecule has 0 aliphatic heterocycles. The zero-order valence-electron chi connectivity index (χ0n) is 13.3. The van der Waals surface area contributed by atoms with Gasteiger partial charge in [0.1, 0.15) is 5.82 Å². The third-order valence-electron chi connectivity index (χ3n) is 3.71. The summed E-state index contributed by atoms with van der Waals surface area (Å²) in [5.74, 6) is 1.15. The predicted molar refractivity (Wildman–Crippen MR) is 86.7 cm³/mol. The summed E-state index contributed by atoms with van der Waals surface area (Å²) in [5, 5.41) is 9.99. The lowest BCUT2D eigenvalue weighted by Gasteiger charge is -2.19. The summed E-state index contributed by atoms with van der Waals surface area (Å²) in [6.07, 6.45) is 5.98. The van der Waals surface area contributed by atoms with Crippen molar-refractivity contribution in [2.75, 3.05) is 11.9 Å². The first-order chi connectivity index (χ1) is 10.6. The molecule has 0 aliphatic rings. The minimum atomic E-state index is -0.216. The fourth-order valence-electron chi connectivity index (χ4n) is 2.05. The lowest BCUT2D eigenvalue weighted by molar-refractivity contribution is 0.251. The Morgan fingerprint density at radius 1 is 1.18 bits per heavy atom. The summed E-state index contributed by atoms with van der Waals surface area (Å²) in [6, 6.07) is 5.70. The zero-order chi connectivity index (χ0) is 15.9. The van der Waals surface area contributed by atoms with Crippen LogP contribution in [-0.4, -0.2) is 27.3 Å². The molecule has 0 aromatic carbocycles. The molecule has 0 fully saturated rings. The first-order valence-corrected chi connectivity index (χ1v) is 7.55. The molecule has 0 aliphatic carbocycles. The van der Waals surface area contributed by atoms with E-state index in [4.69, 9.17) is 0 Å². The number of pyridine rings is 1. The molecule has 1 atom stereocenters. The monoisotopic (exact) mass is 301 g/mol. The van der Waals surface area contributed by atoms with Crippen molar-refractivity contribution in [3.63, 3.8) is 0 Å². The van der Waals surface area contributed by atoms with E-state index in [0.29, 0.717) is 18.3 Å². The second-order valence-electron chi connectivity index (χ2n) is 5.63. The molecule has 22 heavy (non-hydrogen) atoms. The molecule has 0 radical (unpaired) electrons. The van der Waals surface area contributed by atoms with Crippen LogP contribution in [-0.2, 0) is 6.42 Å². The first-order valence-electron chi connectivity index (χ1n) is 7.55. The van der Waals surface area contributed by atoms with E-state index in [1.165, 1.54) is 0 Å². The van der Waals surface area contributed by atoms with Crippen LogP contribution in [0.15, 0.2) is 36.8 Å². The van der Waals surface area contributed by atoms with Crippen molar-refractivity contribution in [3.8, 4) is 0 Å². The van der Waals surface area contributed by atoms with Gasteiger partial charge in [-0.2, -0.15) is 5.10 Å². The molecule has 2 aromatic rings. The predicted octanol–water partition coefficient (Wildman–Crippen LogP) is 2.86. The Balaban J connectivity index is 1.84. The van der Waals surface area contributed by atoms with E-state index < -0.39 is 0 Å². The third-order valence-corrected chi connectivity index (χ3v) is 3.71. The van der Waals surface area contributed by atoms with Crippen LogP contribution in [0.25, 0.3) is 0 Å². The number of amides is 2. The molecular formula is C16H23N5O. The van der Waals surface area contributed by atoms with Gasteiger partial charge in [0.15, 0.2) is 0 Å². The molecule has 0 bridgehead atoms. The van der Waals surface area contributed by atoms with Gasteiger partial charge < -0.3 is 5.32 Å². The Kier molecular flexibility index (Phi) is 5.52. The van der Waals surface area contributed by atoms with Crippen molar-refractivity contribution >= 4 is 11.8 Å². The number of carbonyl (C=O) groups is 1. The van der Waals surface area contributed by atoms with Crippen molar-refractivity contribution in [1.29, 1.82) is 0 Å². The van der Waals surface area contributed by atoms with Gasteiger partial charge >= 0.3 is 6.03 Å². The molecule has 6 nitrogen and oxygen atoms in total. The highest BCUT2D eigenvalue weighted by Crippen LogP contribution is 2.20. The molecule has 2 N–H and O–H groups in total. The SMILES string of the molecule is CC(C)[C@@H](C)n1nccc1NC(=O)NCCc1ccncc1. The first kappa shape index (κ1) is 16.0. The van der Waals surface area contributed by atoms with Gasteiger partial charge in [-0.15, -0.1) is 0 Å². The highest BCUT2D eigenvalue weighted by Gasteiger charge is 2.14. The number of nitrogens with one attached hydrogen (secondary N) is 2. The largest absolute Gasteiger partial charge is 0.337 e. The fourth-order valence-corrected chi connectivity index (χ4v) is 2.05. The summed E-state index contributed by atoms with van der Waals surface area (Å²) < 4.78 is 1.84. The number of hydrogen-bond acceptors (Lipinski definition) is 3. The molecule has 2 aromatic heterocycles. The molecule has 0 unspecified atom stereocenters. The standard InChI is InChI=1S/C16H23N5O/c1-12(2)13(3)21-15(7-11-19-21)20-16(22)18-10-6-14-4-8-17-9-5-14/h4-5,7-9,11-13H,6,10H2,1-3H3,(H2,18,20,22)/t13-/m1/s1. The quantitative estimate of drug-likeness (QED) is 0.861. The summed E-state index contributed by atoms with van der Waals surface area (Å²) in [7, 11) is 0. The third kappa shape index (κ3) is 4.31. The number of anilines is 1. The maximum Gasteiger partial charge on any atom is 0.320 e. The number of rotatable bonds is 6. The minimum Gasteiger partial charge on any atom is -0.337 e. The minimum absolute atomic E-state index is 0.216. The Labute approximate surface area is 130 Å². The molecule has 2 amide bonds. The van der Waals surface area contributed by atoms with Crippen molar-refractivity contribution < 1.29 is 4.79 Å². The molecule has 0 saturated carbocycles. The Morgan fingerprint density at radius 2 is 1.91 bits per heavy atom. The summed E-state index contributed by atoms with van der Waals surface area (Å²) in [6.45, 7) is 6.92. The van der Waals surface area contributed by atoms with E-state index in [1.54, 1.807) is 24.7 Å². The van der Waals surface area contributed by atoms with Crippen LogP contribution >= 0.6 is 0 Å². The molecule has 2 heterocycles. The van der Waals surface area contributed by atoms with E-state index in [2.05, 4.69) is 41.5 Å². The van der Waals surface area contributed by atoms with Crippen molar-refractivity contribution in [2.45, 2.75) is 33.2 Å².